The van der Waals surface area contributed by atoms with Crippen LogP contribution < -0.4 is 10.3 Å². The molecular weight excluding hydrogens is 383 g/mol. The highest BCUT2D eigenvalue weighted by atomic mass is 127. The van der Waals surface area contributed by atoms with Gasteiger partial charge in [0, 0.05) is 12.7 Å². The number of rotatable bonds is 6. The molecule has 1 aromatic carbocycles. The summed E-state index contributed by atoms with van der Waals surface area (Å²) in [6.45, 7) is 3.06. The zero-order chi connectivity index (χ0) is 15.2. The van der Waals surface area contributed by atoms with Crippen molar-refractivity contribution >= 4 is 22.6 Å². The molecule has 6 heteroatoms. The summed E-state index contributed by atoms with van der Waals surface area (Å²) >= 11 is 1.98. The van der Waals surface area contributed by atoms with Crippen molar-refractivity contribution in [2.75, 3.05) is 13.7 Å². The van der Waals surface area contributed by atoms with Gasteiger partial charge in [-0.3, -0.25) is 4.79 Å². The summed E-state index contributed by atoms with van der Waals surface area (Å²) in [7, 11) is 1.58. The van der Waals surface area contributed by atoms with Crippen LogP contribution in [-0.2, 0) is 11.3 Å². The number of H-pyrrole nitrogens is 1. The Balaban J connectivity index is 2.31. The summed E-state index contributed by atoms with van der Waals surface area (Å²) in [5.74, 6) is 1.35. The van der Waals surface area contributed by atoms with E-state index in [9.17, 15) is 4.79 Å². The normalized spacial score (nSPS) is 10.6. The molecule has 0 saturated carbocycles. The van der Waals surface area contributed by atoms with Gasteiger partial charge in [0.1, 0.15) is 15.1 Å². The van der Waals surface area contributed by atoms with Gasteiger partial charge in [0.05, 0.1) is 18.9 Å². The van der Waals surface area contributed by atoms with Crippen LogP contribution in [0, 0.1) is 3.57 Å². The quantitative estimate of drug-likeness (QED) is 0.758. The van der Waals surface area contributed by atoms with E-state index >= 15 is 0 Å². The van der Waals surface area contributed by atoms with E-state index in [4.69, 9.17) is 9.47 Å². The number of aromatic nitrogens is 2. The van der Waals surface area contributed by atoms with Crippen LogP contribution >= 0.6 is 22.6 Å². The molecule has 0 aliphatic rings. The zero-order valence-corrected chi connectivity index (χ0v) is 14.1. The molecule has 0 atom stereocenters. The van der Waals surface area contributed by atoms with Crippen molar-refractivity contribution in [2.24, 2.45) is 0 Å². The molecular formula is C15H17IN2O3. The highest BCUT2D eigenvalue weighted by Crippen LogP contribution is 2.20. The first-order valence-corrected chi connectivity index (χ1v) is 7.74. The number of methoxy groups -OCH3 is 1. The molecule has 0 aliphatic carbocycles. The summed E-state index contributed by atoms with van der Waals surface area (Å²) in [6, 6.07) is 7.51. The molecule has 0 bridgehead atoms. The number of hydrogen-bond acceptors (Lipinski definition) is 4. The Morgan fingerprint density at radius 1 is 1.29 bits per heavy atom. The van der Waals surface area contributed by atoms with Crippen molar-refractivity contribution in [1.82, 2.24) is 9.97 Å². The summed E-state index contributed by atoms with van der Waals surface area (Å²) in [4.78, 5) is 19.2. The second kappa shape index (κ2) is 7.56. The van der Waals surface area contributed by atoms with Crippen LogP contribution in [0.5, 0.6) is 5.75 Å². The first-order valence-electron chi connectivity index (χ1n) is 6.66. The van der Waals surface area contributed by atoms with Crippen molar-refractivity contribution in [3.8, 4) is 17.1 Å². The molecule has 0 spiro atoms. The van der Waals surface area contributed by atoms with Gasteiger partial charge in [0.15, 0.2) is 0 Å². The van der Waals surface area contributed by atoms with Crippen LogP contribution in [-0.4, -0.2) is 23.7 Å². The minimum Gasteiger partial charge on any atom is -0.494 e. The van der Waals surface area contributed by atoms with Gasteiger partial charge in [0.25, 0.3) is 5.56 Å². The van der Waals surface area contributed by atoms with Gasteiger partial charge in [-0.15, -0.1) is 0 Å². The summed E-state index contributed by atoms with van der Waals surface area (Å²) in [5, 5.41) is 0. The number of nitrogens with one attached hydrogen (secondary N) is 1. The summed E-state index contributed by atoms with van der Waals surface area (Å²) in [5.41, 5.74) is 1.33. The number of benzene rings is 1. The molecule has 1 N–H and O–H groups in total. The van der Waals surface area contributed by atoms with E-state index in [2.05, 4.69) is 16.9 Å². The van der Waals surface area contributed by atoms with Crippen molar-refractivity contribution in [3.05, 3.63) is 43.9 Å². The van der Waals surface area contributed by atoms with Gasteiger partial charge < -0.3 is 14.5 Å². The van der Waals surface area contributed by atoms with Gasteiger partial charge in [-0.2, -0.15) is 0 Å². The Bertz CT molecular complexity index is 653. The molecule has 2 rings (SSSR count). The highest BCUT2D eigenvalue weighted by molar-refractivity contribution is 14.1. The Labute approximate surface area is 136 Å². The van der Waals surface area contributed by atoms with Crippen LogP contribution in [0.1, 0.15) is 19.0 Å². The monoisotopic (exact) mass is 400 g/mol. The first-order chi connectivity index (χ1) is 10.2. The van der Waals surface area contributed by atoms with Crippen LogP contribution in [0.25, 0.3) is 11.4 Å². The fraction of sp³-hybridized carbons (Fsp3) is 0.333. The molecule has 112 valence electrons. The lowest BCUT2D eigenvalue weighted by molar-refractivity contribution is 0.180. The lowest BCUT2D eigenvalue weighted by Gasteiger charge is -2.08. The van der Waals surface area contributed by atoms with Crippen LogP contribution in [0.4, 0.5) is 0 Å². The Morgan fingerprint density at radius 2 is 2.00 bits per heavy atom. The molecule has 0 radical (unpaired) electrons. The van der Waals surface area contributed by atoms with Crippen molar-refractivity contribution in [1.29, 1.82) is 0 Å². The molecule has 2 aromatic rings. The van der Waals surface area contributed by atoms with Crippen LogP contribution in [0.3, 0.4) is 0 Å². The Kier molecular flexibility index (Phi) is 5.75. The molecule has 0 amide bonds. The maximum atomic E-state index is 11.9. The van der Waals surface area contributed by atoms with E-state index in [-0.39, 0.29) is 5.56 Å². The number of nitrogens with zero attached hydrogens (tertiary/aromatic N) is 1. The molecule has 0 aliphatic heterocycles. The lowest BCUT2D eigenvalue weighted by atomic mass is 10.2. The topological polar surface area (TPSA) is 64.2 Å². The fourth-order valence-corrected chi connectivity index (χ4v) is 2.21. The van der Waals surface area contributed by atoms with E-state index in [1.54, 1.807) is 7.11 Å². The van der Waals surface area contributed by atoms with Gasteiger partial charge in [0.2, 0.25) is 0 Å². The largest absolute Gasteiger partial charge is 0.494 e. The first kappa shape index (κ1) is 16.0. The van der Waals surface area contributed by atoms with Crippen molar-refractivity contribution < 1.29 is 9.47 Å². The second-order valence-electron chi connectivity index (χ2n) is 4.48. The summed E-state index contributed by atoms with van der Waals surface area (Å²) in [6.07, 6.45) is 0.966. The van der Waals surface area contributed by atoms with E-state index in [1.807, 2.05) is 46.9 Å². The fourth-order valence-electron chi connectivity index (χ4n) is 1.80. The Hall–Kier alpha value is -1.41. The number of hydrogen-bond donors (Lipinski definition) is 1. The molecule has 5 nitrogen and oxygen atoms in total. The molecule has 0 saturated heterocycles. The number of aromatic amines is 1. The van der Waals surface area contributed by atoms with Crippen molar-refractivity contribution in [2.45, 2.75) is 20.0 Å². The molecule has 0 fully saturated rings. The van der Waals surface area contributed by atoms with Crippen LogP contribution in [0.2, 0.25) is 0 Å². The third-order valence-corrected chi connectivity index (χ3v) is 3.93. The zero-order valence-electron chi connectivity index (χ0n) is 12.0. The van der Waals surface area contributed by atoms with E-state index in [0.29, 0.717) is 28.3 Å². The highest BCUT2D eigenvalue weighted by Gasteiger charge is 2.10. The van der Waals surface area contributed by atoms with Gasteiger partial charge in [-0.1, -0.05) is 6.92 Å². The number of ether oxygens (including phenoxy) is 2. The minimum absolute atomic E-state index is 0.154. The summed E-state index contributed by atoms with van der Waals surface area (Å²) < 4.78 is 11.2. The second-order valence-corrected chi connectivity index (χ2v) is 5.56. The number of halogens is 1. The lowest BCUT2D eigenvalue weighted by Crippen LogP contribution is -2.16. The van der Waals surface area contributed by atoms with Crippen molar-refractivity contribution in [3.63, 3.8) is 0 Å². The smallest absolute Gasteiger partial charge is 0.264 e. The molecule has 1 aromatic heterocycles. The average Bonchev–Trinajstić information content (AvgIpc) is 2.50. The molecule has 0 unspecified atom stereocenters. The van der Waals surface area contributed by atoms with Gasteiger partial charge >= 0.3 is 0 Å². The van der Waals surface area contributed by atoms with Gasteiger partial charge in [-0.25, -0.2) is 4.98 Å². The van der Waals surface area contributed by atoms with Gasteiger partial charge in [-0.05, 0) is 53.3 Å². The maximum Gasteiger partial charge on any atom is 0.264 e. The predicted molar refractivity (Wildman–Crippen MR) is 89.5 cm³/mol. The van der Waals surface area contributed by atoms with E-state index in [1.165, 1.54) is 0 Å². The predicted octanol–water partition coefficient (Wildman–Crippen LogP) is 2.98. The minimum atomic E-state index is -0.154. The third kappa shape index (κ3) is 4.04. The molecule has 21 heavy (non-hydrogen) atoms. The SMILES string of the molecule is CCCOc1ccc(-c2nc(COC)c(I)c(=O)[nH]2)cc1. The van der Waals surface area contributed by atoms with E-state index in [0.717, 1.165) is 17.7 Å². The molecule has 1 heterocycles. The Morgan fingerprint density at radius 3 is 2.62 bits per heavy atom. The third-order valence-electron chi connectivity index (χ3n) is 2.81. The average molecular weight is 400 g/mol. The standard InChI is InChI=1S/C15H17IN2O3/c1-3-8-21-11-6-4-10(5-7-11)14-17-12(9-20-2)13(16)15(19)18-14/h4-7H,3,8-9H2,1-2H3,(H,17,18,19). The maximum absolute atomic E-state index is 11.9. The van der Waals surface area contributed by atoms with E-state index < -0.39 is 0 Å². The van der Waals surface area contributed by atoms with Crippen LogP contribution in [0.15, 0.2) is 29.1 Å².